The maximum atomic E-state index is 13.0. The zero-order valence-corrected chi connectivity index (χ0v) is 10.1. The molecule has 1 aromatic rings. The molecule has 0 bridgehead atoms. The molecule has 1 aliphatic heterocycles. The molecule has 0 saturated carbocycles. The molecule has 2 unspecified atom stereocenters. The maximum absolute atomic E-state index is 13.0. The number of hydrogen-bond acceptors (Lipinski definition) is 4. The number of benzene rings is 1. The molecule has 0 amide bonds. The Balaban J connectivity index is 2.09. The van der Waals surface area contributed by atoms with Crippen LogP contribution in [0.2, 0.25) is 0 Å². The summed E-state index contributed by atoms with van der Waals surface area (Å²) in [4.78, 5) is 0. The summed E-state index contributed by atoms with van der Waals surface area (Å²) >= 11 is 0. The Labute approximate surface area is 105 Å². The van der Waals surface area contributed by atoms with Crippen LogP contribution >= 0.6 is 0 Å². The minimum atomic E-state index is -0.943. The van der Waals surface area contributed by atoms with Crippen LogP contribution in [0.15, 0.2) is 18.2 Å². The first-order valence-electron chi connectivity index (χ1n) is 5.83. The second kappa shape index (κ2) is 4.92. The molecule has 1 aromatic carbocycles. The van der Waals surface area contributed by atoms with Crippen molar-refractivity contribution in [2.75, 3.05) is 18.5 Å². The highest BCUT2D eigenvalue weighted by atomic mass is 19.1. The van der Waals surface area contributed by atoms with E-state index in [1.165, 1.54) is 18.2 Å². The van der Waals surface area contributed by atoms with Gasteiger partial charge in [0.2, 0.25) is 0 Å². The summed E-state index contributed by atoms with van der Waals surface area (Å²) in [5.74, 6) is -0.451. The number of anilines is 1. The second-order valence-electron chi connectivity index (χ2n) is 4.52. The summed E-state index contributed by atoms with van der Waals surface area (Å²) in [6.07, 6.45) is 0.292. The standard InChI is InChI=1S/C13H15FN2O2/c1-9-13(17,4-5-18-9)8-16-12-3-2-11(14)6-10(12)7-15/h2-3,6,9,16-17H,4-5,8H2,1H3. The van der Waals surface area contributed by atoms with E-state index < -0.39 is 11.4 Å². The minimum Gasteiger partial charge on any atom is -0.385 e. The molecule has 2 N–H and O–H groups in total. The van der Waals surface area contributed by atoms with Gasteiger partial charge < -0.3 is 15.2 Å². The number of halogens is 1. The molecule has 1 heterocycles. The fourth-order valence-electron chi connectivity index (χ4n) is 2.01. The van der Waals surface area contributed by atoms with Crippen molar-refractivity contribution in [3.63, 3.8) is 0 Å². The highest BCUT2D eigenvalue weighted by Gasteiger charge is 2.39. The van der Waals surface area contributed by atoms with E-state index in [-0.39, 0.29) is 18.2 Å². The van der Waals surface area contributed by atoms with Crippen LogP contribution in [-0.2, 0) is 4.74 Å². The minimum absolute atomic E-state index is 0.227. The third kappa shape index (κ3) is 2.45. The normalized spacial score (nSPS) is 26.9. The number of ether oxygens (including phenoxy) is 1. The molecule has 18 heavy (non-hydrogen) atoms. The average molecular weight is 250 g/mol. The lowest BCUT2D eigenvalue weighted by atomic mass is 9.96. The van der Waals surface area contributed by atoms with Gasteiger partial charge in [-0.15, -0.1) is 0 Å². The lowest BCUT2D eigenvalue weighted by Gasteiger charge is -2.26. The fraction of sp³-hybridized carbons (Fsp3) is 0.462. The van der Waals surface area contributed by atoms with Gasteiger partial charge >= 0.3 is 0 Å². The molecule has 1 fully saturated rings. The van der Waals surface area contributed by atoms with E-state index in [1.54, 1.807) is 0 Å². The third-order valence-electron chi connectivity index (χ3n) is 3.35. The summed E-state index contributed by atoms with van der Waals surface area (Å²) in [7, 11) is 0. The Morgan fingerprint density at radius 2 is 2.44 bits per heavy atom. The zero-order chi connectivity index (χ0) is 13.2. The van der Waals surface area contributed by atoms with Crippen molar-refractivity contribution in [3.8, 4) is 6.07 Å². The number of nitriles is 1. The van der Waals surface area contributed by atoms with Gasteiger partial charge in [-0.05, 0) is 25.1 Å². The first kappa shape index (κ1) is 12.8. The quantitative estimate of drug-likeness (QED) is 0.856. The monoisotopic (exact) mass is 250 g/mol. The van der Waals surface area contributed by atoms with E-state index in [0.29, 0.717) is 18.7 Å². The summed E-state index contributed by atoms with van der Waals surface area (Å²) in [5.41, 5.74) is -0.196. The summed E-state index contributed by atoms with van der Waals surface area (Å²) in [5, 5.41) is 22.2. The molecule has 2 atom stereocenters. The molecule has 96 valence electrons. The Hall–Kier alpha value is -1.64. The lowest BCUT2D eigenvalue weighted by Crippen LogP contribution is -2.43. The van der Waals surface area contributed by atoms with Gasteiger partial charge in [-0.3, -0.25) is 0 Å². The molecule has 0 radical (unpaired) electrons. The molecule has 5 heteroatoms. The highest BCUT2D eigenvalue weighted by Crippen LogP contribution is 2.26. The predicted molar refractivity (Wildman–Crippen MR) is 64.6 cm³/mol. The van der Waals surface area contributed by atoms with Crippen LogP contribution in [0.1, 0.15) is 18.9 Å². The van der Waals surface area contributed by atoms with Crippen LogP contribution in [0.4, 0.5) is 10.1 Å². The third-order valence-corrected chi connectivity index (χ3v) is 3.35. The van der Waals surface area contributed by atoms with Crippen molar-refractivity contribution >= 4 is 5.69 Å². The molecular weight excluding hydrogens is 235 g/mol. The lowest BCUT2D eigenvalue weighted by molar-refractivity contribution is -0.0175. The van der Waals surface area contributed by atoms with Gasteiger partial charge in [0.15, 0.2) is 0 Å². The van der Waals surface area contributed by atoms with Crippen LogP contribution in [0.25, 0.3) is 0 Å². The number of nitrogens with one attached hydrogen (secondary N) is 1. The van der Waals surface area contributed by atoms with E-state index in [2.05, 4.69) is 5.32 Å². The van der Waals surface area contributed by atoms with Gasteiger partial charge in [0.25, 0.3) is 0 Å². The molecule has 0 aromatic heterocycles. The largest absolute Gasteiger partial charge is 0.385 e. The van der Waals surface area contributed by atoms with Gasteiger partial charge in [0, 0.05) is 19.6 Å². The molecular formula is C13H15FN2O2. The van der Waals surface area contributed by atoms with Gasteiger partial charge in [-0.25, -0.2) is 4.39 Å². The Morgan fingerprint density at radius 1 is 1.67 bits per heavy atom. The predicted octanol–water partition coefficient (Wildman–Crippen LogP) is 1.65. The smallest absolute Gasteiger partial charge is 0.124 e. The van der Waals surface area contributed by atoms with Gasteiger partial charge in [0.1, 0.15) is 17.5 Å². The fourth-order valence-corrected chi connectivity index (χ4v) is 2.01. The first-order chi connectivity index (χ1) is 8.55. The SMILES string of the molecule is CC1OCCC1(O)CNc1ccc(F)cc1C#N. The Morgan fingerprint density at radius 3 is 3.06 bits per heavy atom. The van der Waals surface area contributed by atoms with Gasteiger partial charge in [0.05, 0.1) is 17.4 Å². The zero-order valence-electron chi connectivity index (χ0n) is 10.1. The van der Waals surface area contributed by atoms with Crippen molar-refractivity contribution in [1.29, 1.82) is 5.26 Å². The van der Waals surface area contributed by atoms with E-state index in [1.807, 2.05) is 13.0 Å². The number of aliphatic hydroxyl groups is 1. The number of nitrogens with zero attached hydrogens (tertiary/aromatic N) is 1. The van der Waals surface area contributed by atoms with Crippen molar-refractivity contribution < 1.29 is 14.2 Å². The molecule has 0 spiro atoms. The van der Waals surface area contributed by atoms with Gasteiger partial charge in [-0.1, -0.05) is 0 Å². The van der Waals surface area contributed by atoms with Gasteiger partial charge in [-0.2, -0.15) is 5.26 Å². The molecule has 2 rings (SSSR count). The van der Waals surface area contributed by atoms with Crippen LogP contribution in [0.3, 0.4) is 0 Å². The maximum Gasteiger partial charge on any atom is 0.124 e. The van der Waals surface area contributed by atoms with Crippen molar-refractivity contribution in [3.05, 3.63) is 29.6 Å². The van der Waals surface area contributed by atoms with E-state index in [9.17, 15) is 9.50 Å². The van der Waals surface area contributed by atoms with Crippen molar-refractivity contribution in [2.24, 2.45) is 0 Å². The second-order valence-corrected chi connectivity index (χ2v) is 4.52. The van der Waals surface area contributed by atoms with E-state index in [4.69, 9.17) is 10.00 Å². The highest BCUT2D eigenvalue weighted by molar-refractivity contribution is 5.57. The molecule has 1 aliphatic rings. The number of hydrogen-bond donors (Lipinski definition) is 2. The van der Waals surface area contributed by atoms with Crippen LogP contribution in [-0.4, -0.2) is 30.0 Å². The van der Waals surface area contributed by atoms with Crippen LogP contribution < -0.4 is 5.32 Å². The molecule has 0 aliphatic carbocycles. The summed E-state index contributed by atoms with van der Waals surface area (Å²) in [6.45, 7) is 2.60. The van der Waals surface area contributed by atoms with Crippen LogP contribution in [0.5, 0.6) is 0 Å². The van der Waals surface area contributed by atoms with E-state index in [0.717, 1.165) is 0 Å². The average Bonchev–Trinajstić information content (AvgIpc) is 2.68. The molecule has 1 saturated heterocycles. The van der Waals surface area contributed by atoms with Crippen molar-refractivity contribution in [1.82, 2.24) is 0 Å². The van der Waals surface area contributed by atoms with Crippen LogP contribution in [0, 0.1) is 17.1 Å². The Bertz CT molecular complexity index is 486. The molecule has 4 nitrogen and oxygen atoms in total. The summed E-state index contributed by atoms with van der Waals surface area (Å²) in [6, 6.07) is 5.87. The number of rotatable bonds is 3. The van der Waals surface area contributed by atoms with E-state index >= 15 is 0 Å². The summed E-state index contributed by atoms with van der Waals surface area (Å²) < 4.78 is 18.3. The first-order valence-corrected chi connectivity index (χ1v) is 5.83. The van der Waals surface area contributed by atoms with Crippen molar-refractivity contribution in [2.45, 2.75) is 25.0 Å². The topological polar surface area (TPSA) is 65.3 Å². The Kier molecular flexibility index (Phi) is 3.50.